The minimum atomic E-state index is -4.67. The van der Waals surface area contributed by atoms with Crippen molar-refractivity contribution in [1.82, 2.24) is 10.3 Å². The lowest BCUT2D eigenvalue weighted by atomic mass is 10.2. The molecule has 2 heterocycles. The zero-order valence-corrected chi connectivity index (χ0v) is 12.1. The summed E-state index contributed by atoms with van der Waals surface area (Å²) >= 11 is 1.39. The predicted octanol–water partition coefficient (Wildman–Crippen LogP) is 2.99. The van der Waals surface area contributed by atoms with Gasteiger partial charge in [-0.15, -0.1) is 13.2 Å². The molecule has 4 nitrogen and oxygen atoms in total. The fourth-order valence-electron chi connectivity index (χ4n) is 2.34. The van der Waals surface area contributed by atoms with Crippen LogP contribution in [-0.4, -0.2) is 37.0 Å². The molecule has 0 spiro atoms. The van der Waals surface area contributed by atoms with Gasteiger partial charge in [0.25, 0.3) is 0 Å². The number of aromatic nitrogens is 1. The highest BCUT2D eigenvalue weighted by Gasteiger charge is 2.31. The van der Waals surface area contributed by atoms with Crippen LogP contribution < -0.4 is 15.0 Å². The molecule has 1 aromatic carbocycles. The van der Waals surface area contributed by atoms with E-state index in [9.17, 15) is 13.2 Å². The van der Waals surface area contributed by atoms with Gasteiger partial charge in [0.1, 0.15) is 5.75 Å². The van der Waals surface area contributed by atoms with Crippen LogP contribution in [-0.2, 0) is 0 Å². The van der Waals surface area contributed by atoms with Crippen LogP contribution in [0.25, 0.3) is 10.2 Å². The van der Waals surface area contributed by atoms with Crippen LogP contribution >= 0.6 is 11.3 Å². The van der Waals surface area contributed by atoms with E-state index in [1.54, 1.807) is 6.07 Å². The standard InChI is InChI=1S/C13H14F3N3OS/c1-8-7-17-4-5-19(8)12-18-10-3-2-9(6-11(10)21-12)20-13(14,15)16/h2-3,6,8,17H,4-5,7H2,1H3/t8-/m1/s1. The Morgan fingerprint density at radius 1 is 1.43 bits per heavy atom. The molecule has 0 aliphatic carbocycles. The van der Waals surface area contributed by atoms with E-state index < -0.39 is 6.36 Å². The van der Waals surface area contributed by atoms with Gasteiger partial charge in [-0.05, 0) is 19.1 Å². The van der Waals surface area contributed by atoms with Crippen LogP contribution in [0.2, 0.25) is 0 Å². The largest absolute Gasteiger partial charge is 0.573 e. The topological polar surface area (TPSA) is 37.4 Å². The Hall–Kier alpha value is -1.54. The van der Waals surface area contributed by atoms with Crippen molar-refractivity contribution < 1.29 is 17.9 Å². The monoisotopic (exact) mass is 317 g/mol. The van der Waals surface area contributed by atoms with E-state index in [2.05, 4.69) is 26.9 Å². The van der Waals surface area contributed by atoms with Gasteiger partial charge in [0, 0.05) is 31.7 Å². The molecule has 1 aliphatic heterocycles. The zero-order valence-electron chi connectivity index (χ0n) is 11.3. The van der Waals surface area contributed by atoms with Crippen LogP contribution in [0.5, 0.6) is 5.75 Å². The van der Waals surface area contributed by atoms with Crippen LogP contribution in [0.1, 0.15) is 6.92 Å². The summed E-state index contributed by atoms with van der Waals surface area (Å²) in [5.74, 6) is -0.210. The highest BCUT2D eigenvalue weighted by atomic mass is 32.1. The number of fused-ring (bicyclic) bond motifs is 1. The molecular weight excluding hydrogens is 303 g/mol. The van der Waals surface area contributed by atoms with Crippen LogP contribution in [0.15, 0.2) is 18.2 Å². The Morgan fingerprint density at radius 3 is 2.95 bits per heavy atom. The van der Waals surface area contributed by atoms with Gasteiger partial charge < -0.3 is 15.0 Å². The van der Waals surface area contributed by atoms with Gasteiger partial charge in [-0.1, -0.05) is 11.3 Å². The number of nitrogens with zero attached hydrogens (tertiary/aromatic N) is 2. The van der Waals surface area contributed by atoms with E-state index in [-0.39, 0.29) is 5.75 Å². The Labute approximate surface area is 123 Å². The number of anilines is 1. The Morgan fingerprint density at radius 2 is 2.24 bits per heavy atom. The summed E-state index contributed by atoms with van der Waals surface area (Å²) in [6, 6.07) is 4.55. The van der Waals surface area contributed by atoms with Gasteiger partial charge in [-0.25, -0.2) is 4.98 Å². The molecule has 0 bridgehead atoms. The Kier molecular flexibility index (Phi) is 3.66. The number of halogens is 3. The number of hydrogen-bond acceptors (Lipinski definition) is 5. The van der Waals surface area contributed by atoms with Crippen molar-refractivity contribution in [3.05, 3.63) is 18.2 Å². The lowest BCUT2D eigenvalue weighted by molar-refractivity contribution is -0.274. The molecule has 0 saturated carbocycles. The van der Waals surface area contributed by atoms with Crippen molar-refractivity contribution in [1.29, 1.82) is 0 Å². The predicted molar refractivity (Wildman–Crippen MR) is 76.0 cm³/mol. The lowest BCUT2D eigenvalue weighted by Crippen LogP contribution is -2.49. The third-order valence-corrected chi connectivity index (χ3v) is 4.38. The van der Waals surface area contributed by atoms with E-state index in [0.717, 1.165) is 24.8 Å². The molecule has 1 atom stereocenters. The number of ether oxygens (including phenoxy) is 1. The molecule has 1 N–H and O–H groups in total. The van der Waals surface area contributed by atoms with Gasteiger partial charge in [-0.3, -0.25) is 0 Å². The van der Waals surface area contributed by atoms with Crippen LogP contribution in [0, 0.1) is 0 Å². The van der Waals surface area contributed by atoms with Gasteiger partial charge in [0.15, 0.2) is 5.13 Å². The number of piperazine rings is 1. The maximum atomic E-state index is 12.2. The molecular formula is C13H14F3N3OS. The molecule has 1 aliphatic rings. The van der Waals surface area contributed by atoms with Crippen molar-refractivity contribution in [2.45, 2.75) is 19.3 Å². The third kappa shape index (κ3) is 3.21. The summed E-state index contributed by atoms with van der Waals surface area (Å²) in [6.45, 7) is 4.68. The number of thiazole rings is 1. The first-order valence-electron chi connectivity index (χ1n) is 6.56. The van der Waals surface area contributed by atoms with E-state index in [0.29, 0.717) is 16.3 Å². The molecule has 0 amide bonds. The van der Waals surface area contributed by atoms with Crippen molar-refractivity contribution in [2.24, 2.45) is 0 Å². The van der Waals surface area contributed by atoms with E-state index in [4.69, 9.17) is 0 Å². The van der Waals surface area contributed by atoms with Gasteiger partial charge in [0.05, 0.1) is 10.2 Å². The average Bonchev–Trinajstić information content (AvgIpc) is 2.80. The Bertz CT molecular complexity index is 643. The molecule has 3 rings (SSSR count). The second kappa shape index (κ2) is 5.34. The first-order valence-corrected chi connectivity index (χ1v) is 7.38. The van der Waals surface area contributed by atoms with E-state index >= 15 is 0 Å². The second-order valence-electron chi connectivity index (χ2n) is 4.92. The average molecular weight is 317 g/mol. The van der Waals surface area contributed by atoms with Crippen molar-refractivity contribution >= 4 is 26.7 Å². The zero-order chi connectivity index (χ0) is 15.0. The first kappa shape index (κ1) is 14.4. The first-order chi connectivity index (χ1) is 9.92. The summed E-state index contributed by atoms with van der Waals surface area (Å²) in [5, 5.41) is 4.13. The number of alkyl halides is 3. The molecule has 0 unspecified atom stereocenters. The maximum absolute atomic E-state index is 12.2. The number of benzene rings is 1. The normalized spacial score (nSPS) is 20.0. The molecule has 8 heteroatoms. The molecule has 114 valence electrons. The van der Waals surface area contributed by atoms with Crippen LogP contribution in [0.4, 0.5) is 18.3 Å². The van der Waals surface area contributed by atoms with E-state index in [1.165, 1.54) is 23.5 Å². The summed E-state index contributed by atoms with van der Waals surface area (Å²) < 4.78 is 41.4. The molecule has 21 heavy (non-hydrogen) atoms. The third-order valence-electron chi connectivity index (χ3n) is 3.33. The fraction of sp³-hybridized carbons (Fsp3) is 0.462. The summed E-state index contributed by atoms with van der Waals surface area (Å²) in [4.78, 5) is 6.68. The van der Waals surface area contributed by atoms with Crippen LogP contribution in [0.3, 0.4) is 0 Å². The highest BCUT2D eigenvalue weighted by Crippen LogP contribution is 2.34. The molecule has 0 radical (unpaired) electrons. The molecule has 1 aromatic heterocycles. The molecule has 1 fully saturated rings. The van der Waals surface area contributed by atoms with Gasteiger partial charge in [0.2, 0.25) is 0 Å². The maximum Gasteiger partial charge on any atom is 0.573 e. The van der Waals surface area contributed by atoms with Crippen molar-refractivity contribution in [3.63, 3.8) is 0 Å². The van der Waals surface area contributed by atoms with Crippen molar-refractivity contribution in [3.8, 4) is 5.75 Å². The molecule has 1 saturated heterocycles. The summed E-state index contributed by atoms with van der Waals surface area (Å²) in [7, 11) is 0. The van der Waals surface area contributed by atoms with Crippen molar-refractivity contribution in [2.75, 3.05) is 24.5 Å². The highest BCUT2D eigenvalue weighted by molar-refractivity contribution is 7.22. The molecule has 2 aromatic rings. The van der Waals surface area contributed by atoms with Gasteiger partial charge in [-0.2, -0.15) is 0 Å². The minimum Gasteiger partial charge on any atom is -0.406 e. The lowest BCUT2D eigenvalue weighted by Gasteiger charge is -2.33. The minimum absolute atomic E-state index is 0.210. The fourth-order valence-corrected chi connectivity index (χ4v) is 3.46. The number of nitrogens with one attached hydrogen (secondary N) is 1. The number of rotatable bonds is 2. The summed E-state index contributed by atoms with van der Waals surface area (Å²) in [5.41, 5.74) is 0.690. The number of hydrogen-bond donors (Lipinski definition) is 1. The van der Waals surface area contributed by atoms with E-state index in [1.807, 2.05) is 0 Å². The smallest absolute Gasteiger partial charge is 0.406 e. The van der Waals surface area contributed by atoms with Gasteiger partial charge >= 0.3 is 6.36 Å². The Balaban J connectivity index is 1.89. The summed E-state index contributed by atoms with van der Waals surface area (Å²) in [6.07, 6.45) is -4.67. The second-order valence-corrected chi connectivity index (χ2v) is 5.93. The quantitative estimate of drug-likeness (QED) is 0.924. The SMILES string of the molecule is C[C@@H]1CNCCN1c1nc2ccc(OC(F)(F)F)cc2s1.